The molecule has 1 fully saturated rings. The van der Waals surface area contributed by atoms with E-state index >= 15 is 0 Å². The number of methoxy groups -OCH3 is 1. The maximum Gasteiger partial charge on any atom is 0.260 e. The number of para-hydroxylation sites is 2. The lowest BCUT2D eigenvalue weighted by molar-refractivity contribution is -0.134. The fourth-order valence-electron chi connectivity index (χ4n) is 3.73. The number of hydrogen-bond acceptors (Lipinski definition) is 4. The number of benzene rings is 2. The number of rotatable bonds is 6. The van der Waals surface area contributed by atoms with E-state index in [9.17, 15) is 4.79 Å². The van der Waals surface area contributed by atoms with Gasteiger partial charge in [-0.15, -0.1) is 0 Å². The third kappa shape index (κ3) is 4.11. The first kappa shape index (κ1) is 18.3. The Hall–Kier alpha value is -3.02. The van der Waals surface area contributed by atoms with Crippen LogP contribution < -0.4 is 9.47 Å². The van der Waals surface area contributed by atoms with Gasteiger partial charge in [0.15, 0.2) is 6.61 Å². The van der Waals surface area contributed by atoms with Gasteiger partial charge in [-0.05, 0) is 43.0 Å². The first-order valence-corrected chi connectivity index (χ1v) is 9.67. The summed E-state index contributed by atoms with van der Waals surface area (Å²) in [6.07, 6.45) is 3.92. The van der Waals surface area contributed by atoms with Crippen LogP contribution in [0.15, 0.2) is 54.9 Å². The summed E-state index contributed by atoms with van der Waals surface area (Å²) < 4.78 is 13.0. The van der Waals surface area contributed by atoms with Crippen LogP contribution in [0, 0.1) is 5.92 Å². The van der Waals surface area contributed by atoms with E-state index in [0.29, 0.717) is 11.7 Å². The molecule has 1 saturated heterocycles. The highest BCUT2D eigenvalue weighted by atomic mass is 16.5. The van der Waals surface area contributed by atoms with E-state index in [-0.39, 0.29) is 12.5 Å². The topological polar surface area (TPSA) is 56.6 Å². The largest absolute Gasteiger partial charge is 0.497 e. The molecule has 28 heavy (non-hydrogen) atoms. The van der Waals surface area contributed by atoms with Crippen LogP contribution in [-0.2, 0) is 11.3 Å². The Bertz CT molecular complexity index is 945. The highest BCUT2D eigenvalue weighted by Crippen LogP contribution is 2.23. The van der Waals surface area contributed by atoms with Gasteiger partial charge in [-0.1, -0.05) is 18.2 Å². The van der Waals surface area contributed by atoms with Crippen molar-refractivity contribution in [3.05, 3.63) is 54.9 Å². The summed E-state index contributed by atoms with van der Waals surface area (Å²) in [5.41, 5.74) is 2.21. The Balaban J connectivity index is 1.27. The van der Waals surface area contributed by atoms with Crippen LogP contribution >= 0.6 is 0 Å². The monoisotopic (exact) mass is 379 g/mol. The average molecular weight is 379 g/mol. The summed E-state index contributed by atoms with van der Waals surface area (Å²) in [7, 11) is 1.61. The number of amides is 1. The van der Waals surface area contributed by atoms with Crippen molar-refractivity contribution in [3.63, 3.8) is 0 Å². The van der Waals surface area contributed by atoms with E-state index < -0.39 is 0 Å². The molecule has 1 aromatic heterocycles. The van der Waals surface area contributed by atoms with Gasteiger partial charge < -0.3 is 18.9 Å². The predicted molar refractivity (Wildman–Crippen MR) is 108 cm³/mol. The zero-order valence-electron chi connectivity index (χ0n) is 16.1. The Kier molecular flexibility index (Phi) is 5.46. The lowest BCUT2D eigenvalue weighted by atomic mass is 9.96. The van der Waals surface area contributed by atoms with Crippen molar-refractivity contribution in [2.45, 2.75) is 19.4 Å². The van der Waals surface area contributed by atoms with Gasteiger partial charge >= 0.3 is 0 Å². The summed E-state index contributed by atoms with van der Waals surface area (Å²) in [6, 6.07) is 15.5. The molecule has 0 aliphatic carbocycles. The van der Waals surface area contributed by atoms with E-state index in [1.54, 1.807) is 13.2 Å². The molecule has 0 saturated carbocycles. The predicted octanol–water partition coefficient (Wildman–Crippen LogP) is 3.36. The number of aromatic nitrogens is 2. The molecule has 1 amide bonds. The van der Waals surface area contributed by atoms with Gasteiger partial charge in [0.25, 0.3) is 5.91 Å². The van der Waals surface area contributed by atoms with Gasteiger partial charge in [0.05, 0.1) is 24.5 Å². The molecule has 1 aliphatic rings. The second kappa shape index (κ2) is 8.33. The molecule has 0 radical (unpaired) electrons. The number of carbonyl (C=O) groups is 1. The number of ether oxygens (including phenoxy) is 2. The summed E-state index contributed by atoms with van der Waals surface area (Å²) >= 11 is 0. The molecule has 0 bridgehead atoms. The van der Waals surface area contributed by atoms with Crippen molar-refractivity contribution in [1.29, 1.82) is 0 Å². The first-order valence-electron chi connectivity index (χ1n) is 9.67. The van der Waals surface area contributed by atoms with Crippen LogP contribution in [0.1, 0.15) is 12.8 Å². The Morgan fingerprint density at radius 3 is 2.71 bits per heavy atom. The molecular weight excluding hydrogens is 354 g/mol. The normalized spacial score (nSPS) is 15.0. The van der Waals surface area contributed by atoms with Crippen molar-refractivity contribution in [2.24, 2.45) is 5.92 Å². The van der Waals surface area contributed by atoms with Crippen molar-refractivity contribution in [2.75, 3.05) is 26.8 Å². The highest BCUT2D eigenvalue weighted by molar-refractivity contribution is 5.78. The van der Waals surface area contributed by atoms with Crippen LogP contribution in [0.25, 0.3) is 11.0 Å². The average Bonchev–Trinajstić information content (AvgIpc) is 3.15. The molecule has 2 heterocycles. The lowest BCUT2D eigenvalue weighted by Crippen LogP contribution is -2.41. The molecule has 4 rings (SSSR count). The molecular formula is C22H25N3O3. The van der Waals surface area contributed by atoms with E-state index in [1.165, 1.54) is 5.52 Å². The number of piperidine rings is 1. The van der Waals surface area contributed by atoms with Crippen molar-refractivity contribution in [1.82, 2.24) is 14.5 Å². The third-order valence-electron chi connectivity index (χ3n) is 5.35. The Morgan fingerprint density at radius 2 is 1.89 bits per heavy atom. The van der Waals surface area contributed by atoms with Gasteiger partial charge in [-0.25, -0.2) is 4.98 Å². The summed E-state index contributed by atoms with van der Waals surface area (Å²) in [5.74, 6) is 1.96. The SMILES string of the molecule is COc1cccc(OCC(=O)N2CCC(Cn3cnc4ccccc43)CC2)c1. The zero-order valence-corrected chi connectivity index (χ0v) is 16.1. The van der Waals surface area contributed by atoms with Crippen LogP contribution in [0.2, 0.25) is 0 Å². The number of imidazole rings is 1. The Morgan fingerprint density at radius 1 is 1.11 bits per heavy atom. The minimum atomic E-state index is 0.0364. The van der Waals surface area contributed by atoms with Gasteiger partial charge in [-0.2, -0.15) is 0 Å². The number of carbonyl (C=O) groups excluding carboxylic acids is 1. The van der Waals surface area contributed by atoms with Crippen LogP contribution in [0.4, 0.5) is 0 Å². The molecule has 0 atom stereocenters. The smallest absolute Gasteiger partial charge is 0.260 e. The maximum absolute atomic E-state index is 12.5. The lowest BCUT2D eigenvalue weighted by Gasteiger charge is -2.32. The van der Waals surface area contributed by atoms with Gasteiger partial charge in [0, 0.05) is 25.7 Å². The van der Waals surface area contributed by atoms with Crippen LogP contribution in [0.3, 0.4) is 0 Å². The fraction of sp³-hybridized carbons (Fsp3) is 0.364. The fourth-order valence-corrected chi connectivity index (χ4v) is 3.73. The van der Waals surface area contributed by atoms with Crippen molar-refractivity contribution in [3.8, 4) is 11.5 Å². The molecule has 6 heteroatoms. The second-order valence-electron chi connectivity index (χ2n) is 7.18. The van der Waals surface area contributed by atoms with Gasteiger partial charge in [0.2, 0.25) is 0 Å². The third-order valence-corrected chi connectivity index (χ3v) is 5.35. The quantitative estimate of drug-likeness (QED) is 0.659. The van der Waals surface area contributed by atoms with E-state index in [4.69, 9.17) is 9.47 Å². The Labute approximate surface area is 164 Å². The maximum atomic E-state index is 12.5. The molecule has 6 nitrogen and oxygen atoms in total. The number of hydrogen-bond donors (Lipinski definition) is 0. The molecule has 3 aromatic rings. The summed E-state index contributed by atoms with van der Waals surface area (Å²) in [4.78, 5) is 18.9. The molecule has 146 valence electrons. The van der Waals surface area contributed by atoms with Gasteiger partial charge in [-0.3, -0.25) is 4.79 Å². The molecule has 0 N–H and O–H groups in total. The zero-order chi connectivity index (χ0) is 19.3. The van der Waals surface area contributed by atoms with E-state index in [1.807, 2.05) is 47.6 Å². The standard InChI is InChI=1S/C22H25N3O3/c1-27-18-5-4-6-19(13-18)28-15-22(26)24-11-9-17(10-12-24)14-25-16-23-20-7-2-3-8-21(20)25/h2-8,13,16-17H,9-12,14-15H2,1H3. The highest BCUT2D eigenvalue weighted by Gasteiger charge is 2.23. The molecule has 2 aromatic carbocycles. The molecule has 1 aliphatic heterocycles. The number of fused-ring (bicyclic) bond motifs is 1. The molecule has 0 unspecified atom stereocenters. The first-order chi connectivity index (χ1) is 13.7. The van der Waals surface area contributed by atoms with Crippen LogP contribution in [-0.4, -0.2) is 47.2 Å². The minimum Gasteiger partial charge on any atom is -0.497 e. The summed E-state index contributed by atoms with van der Waals surface area (Å²) in [6.45, 7) is 2.56. The van der Waals surface area contributed by atoms with Gasteiger partial charge in [0.1, 0.15) is 11.5 Å². The van der Waals surface area contributed by atoms with Crippen molar-refractivity contribution < 1.29 is 14.3 Å². The minimum absolute atomic E-state index is 0.0364. The van der Waals surface area contributed by atoms with Crippen LogP contribution in [0.5, 0.6) is 11.5 Å². The second-order valence-corrected chi connectivity index (χ2v) is 7.18. The number of nitrogens with zero attached hydrogens (tertiary/aromatic N) is 3. The summed E-state index contributed by atoms with van der Waals surface area (Å²) in [5, 5.41) is 0. The van der Waals surface area contributed by atoms with E-state index in [0.717, 1.165) is 43.7 Å². The molecule has 0 spiro atoms. The van der Waals surface area contributed by atoms with E-state index in [2.05, 4.69) is 15.6 Å². The van der Waals surface area contributed by atoms with Crippen molar-refractivity contribution >= 4 is 16.9 Å². The number of likely N-dealkylation sites (tertiary alicyclic amines) is 1.